The summed E-state index contributed by atoms with van der Waals surface area (Å²) in [7, 11) is 0. The Morgan fingerprint density at radius 3 is 2.35 bits per heavy atom. The zero-order valence-electron chi connectivity index (χ0n) is 13.2. The maximum absolute atomic E-state index is 4.65. The average molecular weight is 288 g/mol. The normalized spacial score (nSPS) is 13.3. The van der Waals surface area contributed by atoms with Gasteiger partial charge in [0.2, 0.25) is 0 Å². The minimum atomic E-state index is 0.135. The van der Waals surface area contributed by atoms with Gasteiger partial charge in [0.15, 0.2) is 0 Å². The Bertz CT molecular complexity index is 593. The molecule has 3 heteroatoms. The van der Waals surface area contributed by atoms with Crippen molar-refractivity contribution < 1.29 is 0 Å². The van der Waals surface area contributed by atoms with Crippen molar-refractivity contribution in [3.05, 3.63) is 45.4 Å². The van der Waals surface area contributed by atoms with Gasteiger partial charge in [-0.05, 0) is 37.8 Å². The van der Waals surface area contributed by atoms with E-state index in [0.717, 1.165) is 10.7 Å². The predicted octanol–water partition coefficient (Wildman–Crippen LogP) is 5.23. The number of para-hydroxylation sites is 1. The lowest BCUT2D eigenvalue weighted by molar-refractivity contribution is 0.590. The maximum atomic E-state index is 4.65. The molecule has 1 atom stereocenters. The molecule has 2 nitrogen and oxygen atoms in total. The first-order chi connectivity index (χ1) is 9.29. The minimum absolute atomic E-state index is 0.135. The molecule has 0 fully saturated rings. The predicted molar refractivity (Wildman–Crippen MR) is 88.8 cm³/mol. The van der Waals surface area contributed by atoms with Gasteiger partial charge in [-0.15, -0.1) is 11.3 Å². The van der Waals surface area contributed by atoms with E-state index >= 15 is 0 Å². The van der Waals surface area contributed by atoms with Crippen LogP contribution in [-0.4, -0.2) is 4.98 Å². The monoisotopic (exact) mass is 288 g/mol. The molecule has 2 rings (SSSR count). The topological polar surface area (TPSA) is 24.9 Å². The summed E-state index contributed by atoms with van der Waals surface area (Å²) in [4.78, 5) is 5.96. The van der Waals surface area contributed by atoms with E-state index in [1.165, 1.54) is 16.1 Å². The van der Waals surface area contributed by atoms with Crippen molar-refractivity contribution in [3.8, 4) is 0 Å². The van der Waals surface area contributed by atoms with Crippen LogP contribution in [0, 0.1) is 13.8 Å². The van der Waals surface area contributed by atoms with E-state index in [2.05, 4.69) is 76.1 Å². The van der Waals surface area contributed by atoms with Crippen LogP contribution in [0.5, 0.6) is 0 Å². The third-order valence-corrected chi connectivity index (χ3v) is 4.36. The lowest BCUT2D eigenvalue weighted by Gasteiger charge is -2.25. The van der Waals surface area contributed by atoms with Gasteiger partial charge in [0.25, 0.3) is 0 Å². The van der Waals surface area contributed by atoms with Crippen LogP contribution in [0.25, 0.3) is 0 Å². The number of aromatic nitrogens is 1. The van der Waals surface area contributed by atoms with Gasteiger partial charge in [0.1, 0.15) is 0 Å². The zero-order chi connectivity index (χ0) is 14.9. The van der Waals surface area contributed by atoms with E-state index < -0.39 is 0 Å². The van der Waals surface area contributed by atoms with Crippen LogP contribution in [0.3, 0.4) is 0 Å². The third-order valence-electron chi connectivity index (χ3n) is 3.46. The van der Waals surface area contributed by atoms with Crippen LogP contribution < -0.4 is 5.32 Å². The quantitative estimate of drug-likeness (QED) is 0.836. The first-order valence-corrected chi connectivity index (χ1v) is 7.90. The Hall–Kier alpha value is -1.35. The molecule has 1 unspecified atom stereocenters. The molecule has 0 aliphatic carbocycles. The van der Waals surface area contributed by atoms with E-state index in [9.17, 15) is 0 Å². The van der Waals surface area contributed by atoms with Gasteiger partial charge in [0, 0.05) is 10.6 Å². The molecule has 1 N–H and O–H groups in total. The Balaban J connectivity index is 2.29. The summed E-state index contributed by atoms with van der Waals surface area (Å²) in [5.41, 5.74) is 3.85. The largest absolute Gasteiger partial charge is 0.377 e. The number of hydrogen-bond acceptors (Lipinski definition) is 3. The van der Waals surface area contributed by atoms with Gasteiger partial charge >= 0.3 is 0 Å². The van der Waals surface area contributed by atoms with Gasteiger partial charge < -0.3 is 5.32 Å². The summed E-state index contributed by atoms with van der Waals surface area (Å²) in [5, 5.41) is 4.77. The van der Waals surface area contributed by atoms with Crippen molar-refractivity contribution in [2.45, 2.75) is 53.0 Å². The van der Waals surface area contributed by atoms with Crippen LogP contribution in [0.15, 0.2) is 24.3 Å². The van der Waals surface area contributed by atoms with Crippen molar-refractivity contribution in [2.75, 3.05) is 5.32 Å². The maximum Gasteiger partial charge on any atom is 0.0901 e. The van der Waals surface area contributed by atoms with Crippen LogP contribution in [0.1, 0.15) is 54.9 Å². The van der Waals surface area contributed by atoms with E-state index in [1.54, 1.807) is 11.3 Å². The van der Waals surface area contributed by atoms with Gasteiger partial charge in [-0.25, -0.2) is 4.98 Å². The zero-order valence-corrected chi connectivity index (χ0v) is 14.1. The molecule has 1 aromatic heterocycles. The van der Waals surface area contributed by atoms with Crippen LogP contribution in [0.4, 0.5) is 5.69 Å². The number of nitrogens with one attached hydrogen (secondary N) is 1. The Kier molecular flexibility index (Phi) is 4.19. The molecule has 0 spiro atoms. The summed E-state index contributed by atoms with van der Waals surface area (Å²) in [6, 6.07) is 8.78. The molecular weight excluding hydrogens is 264 g/mol. The number of anilines is 1. The van der Waals surface area contributed by atoms with Gasteiger partial charge in [-0.3, -0.25) is 0 Å². The second-order valence-corrected chi connectivity index (χ2v) is 7.74. The smallest absolute Gasteiger partial charge is 0.0901 e. The molecule has 0 saturated carbocycles. The second kappa shape index (κ2) is 5.57. The highest BCUT2D eigenvalue weighted by Crippen LogP contribution is 2.32. The molecule has 108 valence electrons. The Labute approximate surface area is 126 Å². The number of benzene rings is 1. The first kappa shape index (κ1) is 15.0. The van der Waals surface area contributed by atoms with E-state index in [1.807, 2.05) is 0 Å². The van der Waals surface area contributed by atoms with E-state index in [-0.39, 0.29) is 11.5 Å². The lowest BCUT2D eigenvalue weighted by Crippen LogP contribution is -2.16. The summed E-state index contributed by atoms with van der Waals surface area (Å²) in [6.45, 7) is 13.1. The van der Waals surface area contributed by atoms with Crippen LogP contribution >= 0.6 is 11.3 Å². The molecule has 1 heterocycles. The molecule has 2 aromatic rings. The standard InChI is InChI=1S/C17H24N2S/c1-11(16-12(2)20-13(3)19-16)18-15-10-8-7-9-14(15)17(4,5)6/h7-11,18H,1-6H3. The number of thiazole rings is 1. The van der Waals surface area contributed by atoms with E-state index in [0.29, 0.717) is 0 Å². The molecule has 0 aliphatic rings. The highest BCUT2D eigenvalue weighted by molar-refractivity contribution is 7.11. The van der Waals surface area contributed by atoms with E-state index in [4.69, 9.17) is 0 Å². The molecule has 0 radical (unpaired) electrons. The first-order valence-electron chi connectivity index (χ1n) is 7.09. The number of nitrogens with zero attached hydrogens (tertiary/aromatic N) is 1. The fraction of sp³-hybridized carbons (Fsp3) is 0.471. The molecular formula is C17H24N2S. The summed E-state index contributed by atoms with van der Waals surface area (Å²) in [6.07, 6.45) is 0. The Morgan fingerprint density at radius 2 is 1.80 bits per heavy atom. The highest BCUT2D eigenvalue weighted by atomic mass is 32.1. The van der Waals surface area contributed by atoms with Crippen molar-refractivity contribution in [2.24, 2.45) is 0 Å². The minimum Gasteiger partial charge on any atom is -0.377 e. The summed E-state index contributed by atoms with van der Waals surface area (Å²) < 4.78 is 0. The molecule has 0 bridgehead atoms. The lowest BCUT2D eigenvalue weighted by atomic mass is 9.85. The highest BCUT2D eigenvalue weighted by Gasteiger charge is 2.20. The summed E-state index contributed by atoms with van der Waals surface area (Å²) in [5.74, 6) is 0. The van der Waals surface area contributed by atoms with Crippen molar-refractivity contribution in [1.29, 1.82) is 0 Å². The molecule has 0 saturated heterocycles. The number of aryl methyl sites for hydroxylation is 2. The van der Waals surface area contributed by atoms with Crippen molar-refractivity contribution in [1.82, 2.24) is 4.98 Å². The SMILES string of the molecule is Cc1nc(C(C)Nc2ccccc2C(C)(C)C)c(C)s1. The van der Waals surface area contributed by atoms with Crippen molar-refractivity contribution in [3.63, 3.8) is 0 Å². The third kappa shape index (κ3) is 3.21. The molecule has 0 amide bonds. The Morgan fingerprint density at radius 1 is 1.15 bits per heavy atom. The number of rotatable bonds is 3. The van der Waals surface area contributed by atoms with Crippen LogP contribution in [0.2, 0.25) is 0 Å². The number of hydrogen-bond donors (Lipinski definition) is 1. The second-order valence-electron chi connectivity index (χ2n) is 6.34. The summed E-state index contributed by atoms with van der Waals surface area (Å²) >= 11 is 1.77. The molecule has 1 aromatic carbocycles. The fourth-order valence-corrected chi connectivity index (χ4v) is 3.43. The van der Waals surface area contributed by atoms with Crippen LogP contribution in [-0.2, 0) is 5.41 Å². The average Bonchev–Trinajstić information content (AvgIpc) is 2.68. The van der Waals surface area contributed by atoms with Gasteiger partial charge in [-0.2, -0.15) is 0 Å². The van der Waals surface area contributed by atoms with Gasteiger partial charge in [-0.1, -0.05) is 39.0 Å². The molecule has 0 aliphatic heterocycles. The van der Waals surface area contributed by atoms with Crippen molar-refractivity contribution >= 4 is 17.0 Å². The molecule has 20 heavy (non-hydrogen) atoms. The van der Waals surface area contributed by atoms with Gasteiger partial charge in [0.05, 0.1) is 16.7 Å². The fourth-order valence-electron chi connectivity index (χ4n) is 2.51.